The van der Waals surface area contributed by atoms with Crippen molar-refractivity contribution in [2.45, 2.75) is 31.0 Å². The first-order valence-corrected chi connectivity index (χ1v) is 8.57. The van der Waals surface area contributed by atoms with E-state index in [9.17, 15) is 0 Å². The zero-order valence-electron chi connectivity index (χ0n) is 11.8. The molecular weight excluding hydrogens is 399 g/mol. The summed E-state index contributed by atoms with van der Waals surface area (Å²) in [7, 11) is 0. The molecule has 0 aromatic heterocycles. The highest BCUT2D eigenvalue weighted by Crippen LogP contribution is 2.35. The van der Waals surface area contributed by atoms with Gasteiger partial charge in [0.05, 0.1) is 9.85 Å². The molecule has 0 bridgehead atoms. The van der Waals surface area contributed by atoms with Gasteiger partial charge in [0.2, 0.25) is 0 Å². The fourth-order valence-electron chi connectivity index (χ4n) is 2.01. The molecule has 20 heavy (non-hydrogen) atoms. The molecule has 0 heterocycles. The van der Waals surface area contributed by atoms with E-state index in [2.05, 4.69) is 83.0 Å². The largest absolute Gasteiger partial charge is 0.0831 e. The Balaban J connectivity index is 2.29. The molecule has 2 rings (SSSR count). The average molecular weight is 417 g/mol. The maximum atomic E-state index is 6.16. The molecule has 0 aliphatic heterocycles. The topological polar surface area (TPSA) is 0 Å². The fourth-order valence-corrected chi connectivity index (χ4v) is 3.04. The van der Waals surface area contributed by atoms with E-state index >= 15 is 0 Å². The van der Waals surface area contributed by atoms with Crippen LogP contribution in [-0.4, -0.2) is 0 Å². The summed E-state index contributed by atoms with van der Waals surface area (Å²) >= 11 is 13.3. The quantitative estimate of drug-likeness (QED) is 0.468. The lowest BCUT2D eigenvalue weighted by Gasteiger charge is -2.20. The summed E-state index contributed by atoms with van der Waals surface area (Å²) in [5, 5.41) is 0.735. The molecule has 1 atom stereocenters. The second-order valence-corrected chi connectivity index (χ2v) is 8.09. The molecule has 0 saturated heterocycles. The van der Waals surface area contributed by atoms with Gasteiger partial charge in [-0.25, -0.2) is 0 Å². The van der Waals surface area contributed by atoms with Gasteiger partial charge in [0, 0.05) is 4.47 Å². The molecule has 2 aromatic rings. The van der Waals surface area contributed by atoms with Crippen molar-refractivity contribution in [2.75, 3.05) is 0 Å². The van der Waals surface area contributed by atoms with Crippen molar-refractivity contribution in [1.29, 1.82) is 0 Å². The Bertz CT molecular complexity index is 597. The van der Waals surface area contributed by atoms with Crippen molar-refractivity contribution < 1.29 is 0 Å². The smallest absolute Gasteiger partial charge is 0.0645 e. The molecule has 2 aromatic carbocycles. The molecule has 0 fully saturated rings. The van der Waals surface area contributed by atoms with Crippen molar-refractivity contribution in [1.82, 2.24) is 0 Å². The molecule has 0 radical (unpaired) electrons. The number of rotatable bonds is 2. The molecule has 1 unspecified atom stereocenters. The van der Waals surface area contributed by atoms with Crippen LogP contribution in [0.3, 0.4) is 0 Å². The van der Waals surface area contributed by atoms with Crippen molar-refractivity contribution in [3.05, 3.63) is 68.7 Å². The molecular formula is C17H17Br2Cl. The normalized spacial score (nSPS) is 13.3. The summed E-state index contributed by atoms with van der Waals surface area (Å²) in [6.07, 6.45) is 0. The van der Waals surface area contributed by atoms with Gasteiger partial charge in [0.25, 0.3) is 0 Å². The minimum Gasteiger partial charge on any atom is -0.0831 e. The minimum atomic E-state index is 0.155. The van der Waals surface area contributed by atoms with Crippen LogP contribution in [0.4, 0.5) is 0 Å². The number of benzene rings is 2. The highest BCUT2D eigenvalue weighted by molar-refractivity contribution is 9.10. The number of hydrogen-bond acceptors (Lipinski definition) is 0. The summed E-state index contributed by atoms with van der Waals surface area (Å²) in [5.74, 6) is 0. The standard InChI is InChI=1S/C17H17Br2Cl/c1-17(2,3)13-7-4-11(5-8-13)16(19)12-6-9-14(18)15(20)10-12/h4-10,16H,1-3H3. The second-order valence-electron chi connectivity index (χ2n) is 5.91. The van der Waals surface area contributed by atoms with Gasteiger partial charge in [-0.05, 0) is 50.2 Å². The number of alkyl halides is 1. The van der Waals surface area contributed by atoms with Crippen LogP contribution in [0.1, 0.15) is 42.3 Å². The van der Waals surface area contributed by atoms with Crippen LogP contribution in [0.2, 0.25) is 5.02 Å². The van der Waals surface area contributed by atoms with Crippen LogP contribution in [0, 0.1) is 0 Å². The molecule has 0 nitrogen and oxygen atoms in total. The van der Waals surface area contributed by atoms with E-state index in [1.54, 1.807) is 0 Å². The first kappa shape index (κ1) is 16.1. The van der Waals surface area contributed by atoms with Crippen molar-refractivity contribution >= 4 is 43.5 Å². The van der Waals surface area contributed by atoms with Crippen LogP contribution >= 0.6 is 43.5 Å². The Hall–Kier alpha value is -0.310. The summed E-state index contributed by atoms with van der Waals surface area (Å²) < 4.78 is 0.922. The van der Waals surface area contributed by atoms with E-state index in [1.807, 2.05) is 12.1 Å². The predicted molar refractivity (Wildman–Crippen MR) is 95.1 cm³/mol. The van der Waals surface area contributed by atoms with Gasteiger partial charge in [-0.3, -0.25) is 0 Å². The molecule has 106 valence electrons. The molecule has 0 saturated carbocycles. The molecule has 3 heteroatoms. The lowest BCUT2D eigenvalue weighted by atomic mass is 9.86. The highest BCUT2D eigenvalue weighted by Gasteiger charge is 2.15. The van der Waals surface area contributed by atoms with Gasteiger partial charge in [-0.2, -0.15) is 0 Å². The van der Waals surface area contributed by atoms with E-state index in [0.717, 1.165) is 15.1 Å². The van der Waals surface area contributed by atoms with Crippen molar-refractivity contribution in [3.63, 3.8) is 0 Å². The van der Waals surface area contributed by atoms with Gasteiger partial charge in [0.15, 0.2) is 0 Å². The third kappa shape index (κ3) is 3.66. The zero-order chi connectivity index (χ0) is 14.9. The highest BCUT2D eigenvalue weighted by atomic mass is 79.9. The minimum absolute atomic E-state index is 0.155. The Labute approximate surface area is 142 Å². The van der Waals surface area contributed by atoms with E-state index in [0.29, 0.717) is 0 Å². The van der Waals surface area contributed by atoms with Gasteiger partial charge < -0.3 is 0 Å². The summed E-state index contributed by atoms with van der Waals surface area (Å²) in [4.78, 5) is 0.155. The molecule has 0 aliphatic carbocycles. The Morgan fingerprint density at radius 3 is 2.00 bits per heavy atom. The van der Waals surface area contributed by atoms with E-state index in [-0.39, 0.29) is 10.2 Å². The van der Waals surface area contributed by atoms with Gasteiger partial charge in [0.1, 0.15) is 0 Å². The Morgan fingerprint density at radius 1 is 0.950 bits per heavy atom. The van der Waals surface area contributed by atoms with Crippen LogP contribution in [-0.2, 0) is 5.41 Å². The lowest BCUT2D eigenvalue weighted by Crippen LogP contribution is -2.10. The molecule has 0 N–H and O–H groups in total. The molecule has 0 aliphatic rings. The SMILES string of the molecule is CC(C)(C)c1ccc(C(Br)c2ccc(Br)c(Cl)c2)cc1. The maximum Gasteiger partial charge on any atom is 0.0645 e. The van der Waals surface area contributed by atoms with Crippen LogP contribution in [0.15, 0.2) is 46.9 Å². The van der Waals surface area contributed by atoms with Crippen molar-refractivity contribution in [3.8, 4) is 0 Å². The van der Waals surface area contributed by atoms with Crippen LogP contribution in [0.25, 0.3) is 0 Å². The monoisotopic (exact) mass is 414 g/mol. The fraction of sp³-hybridized carbons (Fsp3) is 0.294. The summed E-state index contributed by atoms with van der Waals surface area (Å²) in [6.45, 7) is 6.67. The lowest BCUT2D eigenvalue weighted by molar-refractivity contribution is 0.590. The zero-order valence-corrected chi connectivity index (χ0v) is 15.7. The third-order valence-electron chi connectivity index (χ3n) is 3.31. The van der Waals surface area contributed by atoms with Crippen molar-refractivity contribution in [2.24, 2.45) is 0 Å². The maximum absolute atomic E-state index is 6.16. The van der Waals surface area contributed by atoms with Gasteiger partial charge in [-0.1, -0.05) is 78.6 Å². The third-order valence-corrected chi connectivity index (χ3v) is 5.60. The Morgan fingerprint density at radius 2 is 1.50 bits per heavy atom. The van der Waals surface area contributed by atoms with Gasteiger partial charge in [-0.15, -0.1) is 0 Å². The van der Waals surface area contributed by atoms with E-state index in [4.69, 9.17) is 11.6 Å². The first-order chi connectivity index (χ1) is 9.29. The van der Waals surface area contributed by atoms with E-state index < -0.39 is 0 Å². The second kappa shape index (κ2) is 6.21. The van der Waals surface area contributed by atoms with Crippen LogP contribution < -0.4 is 0 Å². The molecule has 0 spiro atoms. The summed E-state index contributed by atoms with van der Waals surface area (Å²) in [5.41, 5.74) is 3.91. The first-order valence-electron chi connectivity index (χ1n) is 6.48. The molecule has 0 amide bonds. The van der Waals surface area contributed by atoms with Crippen LogP contribution in [0.5, 0.6) is 0 Å². The predicted octanol–water partition coefficient (Wildman–Crippen LogP) is 6.88. The Kier molecular flexibility index (Phi) is 4.99. The average Bonchev–Trinajstić information content (AvgIpc) is 2.40. The van der Waals surface area contributed by atoms with Gasteiger partial charge >= 0.3 is 0 Å². The summed E-state index contributed by atoms with van der Waals surface area (Å²) in [6, 6.07) is 14.8. The number of hydrogen-bond donors (Lipinski definition) is 0. The van der Waals surface area contributed by atoms with E-state index in [1.165, 1.54) is 11.1 Å². The number of halogens is 3.